The van der Waals surface area contributed by atoms with E-state index in [9.17, 15) is 0 Å². The van der Waals surface area contributed by atoms with E-state index >= 15 is 0 Å². The van der Waals surface area contributed by atoms with Gasteiger partial charge >= 0.3 is 0 Å². The zero-order chi connectivity index (χ0) is 27.4. The van der Waals surface area contributed by atoms with Gasteiger partial charge in [-0.15, -0.1) is 0 Å². The lowest BCUT2D eigenvalue weighted by atomic mass is 10.1. The van der Waals surface area contributed by atoms with Crippen molar-refractivity contribution in [2.45, 2.75) is 6.42 Å². The van der Waals surface area contributed by atoms with Crippen LogP contribution < -0.4 is 0 Å². The molecule has 2 unspecified atom stereocenters. The predicted molar refractivity (Wildman–Crippen MR) is 169 cm³/mol. The Morgan fingerprint density at radius 3 is 2.12 bits per heavy atom. The monoisotopic (exact) mass is 540 g/mol. The molecule has 2 aliphatic carbocycles. The minimum Gasteiger partial charge on any atom is -0.307 e. The van der Waals surface area contributed by atoms with Crippen LogP contribution >= 0.6 is 0 Å². The molecule has 2 aliphatic rings. The maximum Gasteiger partial charge on any atom is 0.236 e. The zero-order valence-electron chi connectivity index (χ0n) is 22.6. The number of nitrogens with zero attached hydrogens (tertiary/aromatic N) is 6. The summed E-state index contributed by atoms with van der Waals surface area (Å²) in [4.78, 5) is 14.9. The van der Waals surface area contributed by atoms with Crippen LogP contribution in [0.3, 0.4) is 0 Å². The largest absolute Gasteiger partial charge is 0.307 e. The van der Waals surface area contributed by atoms with E-state index in [-0.39, 0.29) is 0 Å². The molecule has 4 aromatic carbocycles. The Bertz CT molecular complexity index is 2450. The number of benzene rings is 4. The molecule has 2 atom stereocenters. The first-order chi connectivity index (χ1) is 20.8. The van der Waals surface area contributed by atoms with Crippen LogP contribution in [0.4, 0.5) is 0 Å². The topological polar surface area (TPSA) is 53.5 Å². The summed E-state index contributed by atoms with van der Waals surface area (Å²) >= 11 is 0. The maximum atomic E-state index is 5.10. The van der Waals surface area contributed by atoms with Crippen molar-refractivity contribution >= 4 is 60.5 Å². The Kier molecular flexibility index (Phi) is 4.26. The Hall–Kier alpha value is -5.49. The van der Waals surface area contributed by atoms with E-state index in [1.807, 2.05) is 12.5 Å². The highest BCUT2D eigenvalue weighted by Gasteiger charge is 2.40. The second-order valence-corrected chi connectivity index (χ2v) is 11.4. The Morgan fingerprint density at radius 1 is 0.643 bits per heavy atom. The molecular formula is C36H24N6. The van der Waals surface area contributed by atoms with Gasteiger partial charge in [-0.05, 0) is 42.7 Å². The van der Waals surface area contributed by atoms with Gasteiger partial charge in [0.05, 0.1) is 28.3 Å². The quantitative estimate of drug-likeness (QED) is 0.228. The molecule has 8 aromatic rings. The fraction of sp³-hybridized carbons (Fsp3) is 0.0833. The van der Waals surface area contributed by atoms with Gasteiger partial charge in [-0.25, -0.2) is 9.97 Å². The fourth-order valence-corrected chi connectivity index (χ4v) is 7.11. The summed E-state index contributed by atoms with van der Waals surface area (Å²) < 4.78 is 6.78. The number of fused-ring (bicyclic) bond motifs is 9. The molecule has 0 spiro atoms. The second kappa shape index (κ2) is 8.04. The fourth-order valence-electron chi connectivity index (χ4n) is 7.11. The van der Waals surface area contributed by atoms with E-state index in [1.54, 1.807) is 0 Å². The molecule has 42 heavy (non-hydrogen) atoms. The molecule has 0 N–H and O–H groups in total. The second-order valence-electron chi connectivity index (χ2n) is 11.4. The van der Waals surface area contributed by atoms with Crippen LogP contribution in [-0.2, 0) is 0 Å². The first kappa shape index (κ1) is 22.2. The lowest BCUT2D eigenvalue weighted by Gasteiger charge is -2.12. The molecule has 0 amide bonds. The van der Waals surface area contributed by atoms with Crippen molar-refractivity contribution in [2.24, 2.45) is 11.8 Å². The normalized spacial score (nSPS) is 18.0. The summed E-state index contributed by atoms with van der Waals surface area (Å²) in [7, 11) is 0. The number of para-hydroxylation sites is 3. The predicted octanol–water partition coefficient (Wildman–Crippen LogP) is 8.07. The molecular weight excluding hydrogens is 516 g/mol. The van der Waals surface area contributed by atoms with E-state index in [4.69, 9.17) is 15.0 Å². The van der Waals surface area contributed by atoms with E-state index in [0.717, 1.165) is 27.8 Å². The first-order valence-electron chi connectivity index (χ1n) is 14.4. The molecule has 1 fully saturated rings. The molecule has 10 rings (SSSR count). The van der Waals surface area contributed by atoms with Crippen molar-refractivity contribution in [1.82, 2.24) is 28.7 Å². The highest BCUT2D eigenvalue weighted by molar-refractivity contribution is 6.23. The Balaban J connectivity index is 1.32. The van der Waals surface area contributed by atoms with Crippen LogP contribution in [0, 0.1) is 11.8 Å². The van der Waals surface area contributed by atoms with Crippen LogP contribution in [0.15, 0.2) is 122 Å². The number of allylic oxidation sites excluding steroid dienone is 4. The van der Waals surface area contributed by atoms with Crippen LogP contribution in [0.5, 0.6) is 0 Å². The van der Waals surface area contributed by atoms with Gasteiger partial charge in [-0.3, -0.25) is 9.13 Å². The van der Waals surface area contributed by atoms with E-state index in [0.29, 0.717) is 23.4 Å². The molecule has 198 valence electrons. The van der Waals surface area contributed by atoms with Crippen molar-refractivity contribution < 1.29 is 0 Å². The molecule has 0 aliphatic heterocycles. The van der Waals surface area contributed by atoms with Gasteiger partial charge in [0.2, 0.25) is 5.95 Å². The average molecular weight is 541 g/mol. The molecule has 6 heteroatoms. The van der Waals surface area contributed by atoms with Gasteiger partial charge < -0.3 is 4.57 Å². The average Bonchev–Trinajstić information content (AvgIpc) is 3.45. The van der Waals surface area contributed by atoms with Gasteiger partial charge in [0.25, 0.3) is 0 Å². The minimum absolute atomic E-state index is 0.567. The summed E-state index contributed by atoms with van der Waals surface area (Å²) in [5.41, 5.74) is 8.53. The van der Waals surface area contributed by atoms with Gasteiger partial charge in [-0.1, -0.05) is 78.9 Å². The summed E-state index contributed by atoms with van der Waals surface area (Å²) in [6, 6.07) is 32.3. The molecule has 0 saturated heterocycles. The Morgan fingerprint density at radius 2 is 1.33 bits per heavy atom. The van der Waals surface area contributed by atoms with Gasteiger partial charge in [-0.2, -0.15) is 4.98 Å². The first-order valence-corrected chi connectivity index (χ1v) is 14.4. The van der Waals surface area contributed by atoms with E-state index in [2.05, 4.69) is 123 Å². The number of hydrogen-bond donors (Lipinski definition) is 0. The third-order valence-electron chi connectivity index (χ3n) is 9.10. The molecule has 6 nitrogen and oxygen atoms in total. The summed E-state index contributed by atoms with van der Waals surface area (Å²) in [6.07, 6.45) is 11.7. The van der Waals surface area contributed by atoms with Gasteiger partial charge in [0, 0.05) is 38.8 Å². The molecule has 0 radical (unpaired) electrons. The number of hydrogen-bond acceptors (Lipinski definition) is 3. The van der Waals surface area contributed by atoms with Gasteiger partial charge in [0.1, 0.15) is 11.8 Å². The van der Waals surface area contributed by atoms with Crippen molar-refractivity contribution in [1.29, 1.82) is 0 Å². The zero-order valence-corrected chi connectivity index (χ0v) is 22.6. The number of aromatic nitrogens is 6. The van der Waals surface area contributed by atoms with Crippen LogP contribution in [0.1, 0.15) is 6.42 Å². The van der Waals surface area contributed by atoms with Crippen molar-refractivity contribution in [3.8, 4) is 11.6 Å². The molecule has 1 saturated carbocycles. The highest BCUT2D eigenvalue weighted by Crippen LogP contribution is 2.49. The summed E-state index contributed by atoms with van der Waals surface area (Å²) in [6.45, 7) is 0. The number of imidazole rings is 1. The molecule has 4 aromatic heterocycles. The maximum absolute atomic E-state index is 5.10. The Labute approximate surface area is 240 Å². The van der Waals surface area contributed by atoms with Crippen LogP contribution in [0.2, 0.25) is 0 Å². The molecule has 0 bridgehead atoms. The van der Waals surface area contributed by atoms with Crippen LogP contribution in [0.25, 0.3) is 72.1 Å². The SMILES string of the molecule is C1=CC2CC2C(n2cnc3nc(-n4c5ccccc5c5ccc6c7ccccc7n(-c7ccccc7)c6c54)ncc32)=C1. The van der Waals surface area contributed by atoms with Crippen molar-refractivity contribution in [3.05, 3.63) is 122 Å². The van der Waals surface area contributed by atoms with Crippen molar-refractivity contribution in [3.63, 3.8) is 0 Å². The highest BCUT2D eigenvalue weighted by atomic mass is 15.2. The van der Waals surface area contributed by atoms with E-state index in [1.165, 1.54) is 39.2 Å². The lowest BCUT2D eigenvalue weighted by molar-refractivity contribution is 0.914. The van der Waals surface area contributed by atoms with Crippen LogP contribution in [-0.4, -0.2) is 28.7 Å². The number of rotatable bonds is 3. The third kappa shape index (κ3) is 2.90. The van der Waals surface area contributed by atoms with Gasteiger partial charge in [0.15, 0.2) is 5.65 Å². The summed E-state index contributed by atoms with van der Waals surface area (Å²) in [5.74, 6) is 1.84. The standard InChI is InChI=1S/C36H24N6/c1-2-10-23(11-3-1)41-30-14-6-4-12-24(30)26-17-18-27-25-13-5-7-15-31(25)42(34(27)33(26)41)36-37-20-32-35(39-36)38-21-40(32)29-16-8-9-22-19-28(22)29/h1-18,20-22,28H,19H2. The van der Waals surface area contributed by atoms with E-state index < -0.39 is 0 Å². The third-order valence-corrected chi connectivity index (χ3v) is 9.10. The minimum atomic E-state index is 0.567. The molecule has 4 heterocycles. The lowest BCUT2D eigenvalue weighted by Crippen LogP contribution is -2.04. The smallest absolute Gasteiger partial charge is 0.236 e. The van der Waals surface area contributed by atoms with Crippen molar-refractivity contribution in [2.75, 3.05) is 0 Å². The summed E-state index contributed by atoms with van der Waals surface area (Å²) in [5, 5.41) is 4.77.